The number of benzene rings is 1. The van der Waals surface area contributed by atoms with E-state index in [1.807, 2.05) is 6.07 Å². The van der Waals surface area contributed by atoms with Gasteiger partial charge in [0.2, 0.25) is 15.9 Å². The van der Waals surface area contributed by atoms with Crippen molar-refractivity contribution in [2.45, 2.75) is 30.4 Å². The first-order valence-electron chi connectivity index (χ1n) is 8.83. The summed E-state index contributed by atoms with van der Waals surface area (Å²) in [6.45, 7) is 2.76. The number of nitrogens with zero attached hydrogens (tertiary/aromatic N) is 3. The highest BCUT2D eigenvalue weighted by atomic mass is 32.2. The minimum Gasteiger partial charge on any atom is -0.483 e. The molecule has 1 amide bonds. The van der Waals surface area contributed by atoms with Crippen molar-refractivity contribution in [3.63, 3.8) is 0 Å². The number of carbonyl (C=O) groups is 1. The number of carbonyl (C=O) groups excluding carboxylic acids is 1. The minimum absolute atomic E-state index is 0.0351. The molecular weight excluding hydrogens is 366 g/mol. The van der Waals surface area contributed by atoms with Gasteiger partial charge in [-0.2, -0.15) is 4.31 Å². The van der Waals surface area contributed by atoms with Crippen molar-refractivity contribution in [1.82, 2.24) is 14.2 Å². The molecule has 1 aromatic heterocycles. The summed E-state index contributed by atoms with van der Waals surface area (Å²) < 4.78 is 34.3. The van der Waals surface area contributed by atoms with E-state index in [-0.39, 0.29) is 23.9 Å². The average Bonchev–Trinajstić information content (AvgIpc) is 3.03. The molecule has 2 aliphatic rings. The normalized spacial score (nSPS) is 24.3. The van der Waals surface area contributed by atoms with Crippen LogP contribution in [0.1, 0.15) is 19.0 Å². The number of fused-ring (bicyclic) bond motifs is 1. The molecule has 1 atom stereocenters. The van der Waals surface area contributed by atoms with E-state index in [4.69, 9.17) is 4.74 Å². The van der Waals surface area contributed by atoms with E-state index in [1.54, 1.807) is 47.5 Å². The Labute approximate surface area is 158 Å². The van der Waals surface area contributed by atoms with E-state index < -0.39 is 15.6 Å². The van der Waals surface area contributed by atoms with Crippen LogP contribution in [0.4, 0.5) is 0 Å². The fourth-order valence-electron chi connectivity index (χ4n) is 3.70. The van der Waals surface area contributed by atoms with Crippen molar-refractivity contribution < 1.29 is 17.9 Å². The Kier molecular flexibility index (Phi) is 4.39. The standard InChI is InChI=1S/C19H21N3O4S/c1-15(23)21-11-9-19(13-21)14-22(12-16-6-4-5-10-20-16)27(24,25)18-8-3-2-7-17(18)26-19/h2-8,10H,9,11-14H2,1H3/t19-/m1/s1. The molecule has 1 fully saturated rings. The summed E-state index contributed by atoms with van der Waals surface area (Å²) in [5.41, 5.74) is -0.0999. The molecule has 142 valence electrons. The summed E-state index contributed by atoms with van der Waals surface area (Å²) in [7, 11) is -3.75. The third-order valence-corrected chi connectivity index (χ3v) is 6.92. The maximum Gasteiger partial charge on any atom is 0.247 e. The Hall–Kier alpha value is -2.45. The highest BCUT2D eigenvalue weighted by Gasteiger charge is 2.48. The largest absolute Gasteiger partial charge is 0.483 e. The van der Waals surface area contributed by atoms with Crippen molar-refractivity contribution in [3.05, 3.63) is 54.4 Å². The Morgan fingerprint density at radius 3 is 2.67 bits per heavy atom. The molecule has 0 saturated carbocycles. The first-order chi connectivity index (χ1) is 12.9. The molecule has 0 unspecified atom stereocenters. The number of ether oxygens (including phenoxy) is 1. The van der Waals surface area contributed by atoms with Gasteiger partial charge in [-0.25, -0.2) is 8.42 Å². The zero-order valence-electron chi connectivity index (χ0n) is 15.0. The molecule has 27 heavy (non-hydrogen) atoms. The monoisotopic (exact) mass is 387 g/mol. The molecule has 3 heterocycles. The number of hydrogen-bond donors (Lipinski definition) is 0. The fraction of sp³-hybridized carbons (Fsp3) is 0.368. The van der Waals surface area contributed by atoms with Gasteiger partial charge in [0.1, 0.15) is 16.2 Å². The van der Waals surface area contributed by atoms with E-state index in [0.717, 1.165) is 0 Å². The van der Waals surface area contributed by atoms with Gasteiger partial charge in [-0.3, -0.25) is 9.78 Å². The number of sulfonamides is 1. The Morgan fingerprint density at radius 2 is 1.96 bits per heavy atom. The van der Waals surface area contributed by atoms with Crippen LogP contribution in [0.3, 0.4) is 0 Å². The first kappa shape index (κ1) is 17.9. The summed E-state index contributed by atoms with van der Waals surface area (Å²) in [5.74, 6) is 0.304. The first-order valence-corrected chi connectivity index (χ1v) is 10.3. The van der Waals surface area contributed by atoms with Gasteiger partial charge in [0.05, 0.1) is 25.3 Å². The predicted molar refractivity (Wildman–Crippen MR) is 98.5 cm³/mol. The fourth-order valence-corrected chi connectivity index (χ4v) is 5.30. The minimum atomic E-state index is -3.75. The zero-order valence-corrected chi connectivity index (χ0v) is 15.9. The second kappa shape index (κ2) is 6.61. The summed E-state index contributed by atoms with van der Waals surface area (Å²) in [6.07, 6.45) is 2.22. The summed E-state index contributed by atoms with van der Waals surface area (Å²) in [5, 5.41) is 0. The molecule has 4 rings (SSSR count). The molecule has 0 N–H and O–H groups in total. The number of rotatable bonds is 2. The molecule has 0 radical (unpaired) electrons. The van der Waals surface area contributed by atoms with Gasteiger partial charge in [0.25, 0.3) is 0 Å². The lowest BCUT2D eigenvalue weighted by Crippen LogP contribution is -2.49. The summed E-state index contributed by atoms with van der Waals surface area (Å²) in [4.78, 5) is 18.0. The SMILES string of the molecule is CC(=O)N1CC[C@@]2(C1)CN(Cc1ccccn1)S(=O)(=O)c1ccccc1O2. The van der Waals surface area contributed by atoms with Crippen LogP contribution in [-0.2, 0) is 21.4 Å². The molecule has 1 saturated heterocycles. The van der Waals surface area contributed by atoms with Crippen LogP contribution >= 0.6 is 0 Å². The lowest BCUT2D eigenvalue weighted by Gasteiger charge is -2.31. The molecule has 1 spiro atoms. The maximum absolute atomic E-state index is 13.3. The van der Waals surface area contributed by atoms with Gasteiger partial charge in [0.15, 0.2) is 0 Å². The third kappa shape index (κ3) is 3.30. The van der Waals surface area contributed by atoms with Gasteiger partial charge < -0.3 is 9.64 Å². The van der Waals surface area contributed by atoms with Gasteiger partial charge >= 0.3 is 0 Å². The molecule has 0 aliphatic carbocycles. The maximum atomic E-state index is 13.3. The number of para-hydroxylation sites is 1. The van der Waals surface area contributed by atoms with Gasteiger partial charge in [-0.15, -0.1) is 0 Å². The van der Waals surface area contributed by atoms with Crippen LogP contribution in [0.2, 0.25) is 0 Å². The zero-order chi connectivity index (χ0) is 19.1. The Morgan fingerprint density at radius 1 is 1.19 bits per heavy atom. The van der Waals surface area contributed by atoms with Crippen LogP contribution in [0.15, 0.2) is 53.6 Å². The van der Waals surface area contributed by atoms with Gasteiger partial charge in [-0.05, 0) is 24.3 Å². The van der Waals surface area contributed by atoms with E-state index >= 15 is 0 Å². The molecular formula is C19H21N3O4S. The lowest BCUT2D eigenvalue weighted by molar-refractivity contribution is -0.128. The molecule has 0 bridgehead atoms. The van der Waals surface area contributed by atoms with Crippen molar-refractivity contribution >= 4 is 15.9 Å². The average molecular weight is 387 g/mol. The van der Waals surface area contributed by atoms with Crippen molar-refractivity contribution in [1.29, 1.82) is 0 Å². The van der Waals surface area contributed by atoms with Crippen LogP contribution in [0.5, 0.6) is 5.75 Å². The number of hydrogen-bond acceptors (Lipinski definition) is 5. The van der Waals surface area contributed by atoms with E-state index in [1.165, 1.54) is 11.2 Å². The number of pyridine rings is 1. The molecule has 2 aromatic rings. The van der Waals surface area contributed by atoms with Crippen LogP contribution in [0, 0.1) is 0 Å². The quantitative estimate of drug-likeness (QED) is 0.783. The molecule has 1 aromatic carbocycles. The topological polar surface area (TPSA) is 79.8 Å². The van der Waals surface area contributed by atoms with Gasteiger partial charge in [0, 0.05) is 26.1 Å². The highest BCUT2D eigenvalue weighted by Crippen LogP contribution is 2.38. The van der Waals surface area contributed by atoms with Crippen LogP contribution in [-0.4, -0.2) is 53.7 Å². The predicted octanol–water partition coefficient (Wildman–Crippen LogP) is 1.66. The van der Waals surface area contributed by atoms with Crippen molar-refractivity contribution in [2.75, 3.05) is 19.6 Å². The summed E-state index contributed by atoms with van der Waals surface area (Å²) >= 11 is 0. The van der Waals surface area contributed by atoms with Crippen molar-refractivity contribution in [3.8, 4) is 5.75 Å². The lowest BCUT2D eigenvalue weighted by atomic mass is 10.0. The number of aromatic nitrogens is 1. The van der Waals surface area contributed by atoms with Crippen LogP contribution in [0.25, 0.3) is 0 Å². The highest BCUT2D eigenvalue weighted by molar-refractivity contribution is 7.89. The van der Waals surface area contributed by atoms with Crippen LogP contribution < -0.4 is 4.74 Å². The Balaban J connectivity index is 1.77. The van der Waals surface area contributed by atoms with E-state index in [0.29, 0.717) is 31.0 Å². The second-order valence-electron chi connectivity index (χ2n) is 7.02. The molecule has 2 aliphatic heterocycles. The molecule has 7 nitrogen and oxygen atoms in total. The van der Waals surface area contributed by atoms with Crippen molar-refractivity contribution in [2.24, 2.45) is 0 Å². The molecule has 8 heteroatoms. The third-order valence-electron chi connectivity index (χ3n) is 5.08. The van der Waals surface area contributed by atoms with E-state index in [9.17, 15) is 13.2 Å². The smallest absolute Gasteiger partial charge is 0.247 e. The van der Waals surface area contributed by atoms with E-state index in [2.05, 4.69) is 4.98 Å². The van der Waals surface area contributed by atoms with Gasteiger partial charge in [-0.1, -0.05) is 18.2 Å². The second-order valence-corrected chi connectivity index (χ2v) is 8.92. The number of likely N-dealkylation sites (tertiary alicyclic amines) is 1. The Bertz CT molecular complexity index is 964. The summed E-state index contributed by atoms with van der Waals surface area (Å²) in [6, 6.07) is 12.1. The number of amides is 1.